The topological polar surface area (TPSA) is 74.3 Å². The summed E-state index contributed by atoms with van der Waals surface area (Å²) in [5, 5.41) is 0. The van der Waals surface area contributed by atoms with E-state index in [9.17, 15) is 9.59 Å². The lowest BCUT2D eigenvalue weighted by Crippen LogP contribution is -2.37. The first-order chi connectivity index (χ1) is 12.8. The summed E-state index contributed by atoms with van der Waals surface area (Å²) < 4.78 is 10.1. The van der Waals surface area contributed by atoms with Gasteiger partial charge in [0.1, 0.15) is 6.61 Å². The van der Waals surface area contributed by atoms with Crippen LogP contribution in [0.15, 0.2) is 33.9 Å². The highest BCUT2D eigenvalue weighted by molar-refractivity contribution is 5.72. The van der Waals surface area contributed by atoms with Crippen LogP contribution in [0.5, 0.6) is 6.01 Å². The van der Waals surface area contributed by atoms with Gasteiger partial charge in [0, 0.05) is 20.6 Å². The highest BCUT2D eigenvalue weighted by Gasteiger charge is 2.20. The Balaban J connectivity index is 2.15. The second-order valence-corrected chi connectivity index (χ2v) is 7.00. The molecule has 0 bridgehead atoms. The Morgan fingerprint density at radius 1 is 1.07 bits per heavy atom. The van der Waals surface area contributed by atoms with Crippen LogP contribution in [0, 0.1) is 6.92 Å². The molecule has 3 rings (SSSR count). The molecule has 0 unspecified atom stereocenters. The number of hydrogen-bond donors (Lipinski definition) is 0. The summed E-state index contributed by atoms with van der Waals surface area (Å²) in [6, 6.07) is 8.41. The van der Waals surface area contributed by atoms with Gasteiger partial charge in [-0.25, -0.2) is 4.79 Å². The predicted molar refractivity (Wildman–Crippen MR) is 105 cm³/mol. The van der Waals surface area contributed by atoms with Crippen molar-refractivity contribution in [2.24, 2.45) is 14.1 Å². The van der Waals surface area contributed by atoms with Crippen LogP contribution in [0.25, 0.3) is 11.2 Å². The quantitative estimate of drug-likeness (QED) is 0.639. The van der Waals surface area contributed by atoms with E-state index in [1.165, 1.54) is 11.6 Å². The first-order valence-corrected chi connectivity index (χ1v) is 8.79. The average molecular weight is 371 g/mol. The zero-order valence-electron chi connectivity index (χ0n) is 16.4. The Bertz CT molecular complexity index is 1070. The molecular formula is C19H25N5O3. The molecule has 1 aromatic carbocycles. The van der Waals surface area contributed by atoms with Gasteiger partial charge in [-0.3, -0.25) is 18.5 Å². The minimum absolute atomic E-state index is 0.329. The molecule has 8 nitrogen and oxygen atoms in total. The second kappa shape index (κ2) is 7.40. The summed E-state index contributed by atoms with van der Waals surface area (Å²) in [6.45, 7) is 3.60. The molecule has 0 spiro atoms. The standard InChI is InChI=1S/C19H25N5O3/c1-13-6-8-14(9-7-13)12-24-15-16(20-18(24)27-11-10-21(2)3)22(4)19(26)23(5)17(15)25/h6-9H,10-12H2,1-5H3. The Kier molecular flexibility index (Phi) is 5.18. The molecule has 0 amide bonds. The number of hydrogen-bond acceptors (Lipinski definition) is 5. The number of fused-ring (bicyclic) bond motifs is 1. The Morgan fingerprint density at radius 2 is 1.74 bits per heavy atom. The third-order valence-corrected chi connectivity index (χ3v) is 4.54. The molecule has 144 valence electrons. The zero-order valence-corrected chi connectivity index (χ0v) is 16.4. The fourth-order valence-electron chi connectivity index (χ4n) is 2.88. The van der Waals surface area contributed by atoms with Gasteiger partial charge in [0.15, 0.2) is 11.2 Å². The molecule has 0 saturated heterocycles. The smallest absolute Gasteiger partial charge is 0.332 e. The van der Waals surface area contributed by atoms with Gasteiger partial charge in [0.25, 0.3) is 11.6 Å². The lowest BCUT2D eigenvalue weighted by Gasteiger charge is -2.12. The SMILES string of the molecule is Cc1ccc(Cn2c(OCCN(C)C)nc3c2c(=O)n(C)c(=O)n3C)cc1. The van der Waals surface area contributed by atoms with Gasteiger partial charge < -0.3 is 9.64 Å². The van der Waals surface area contributed by atoms with E-state index in [1.807, 2.05) is 50.2 Å². The summed E-state index contributed by atoms with van der Waals surface area (Å²) in [5.74, 6) is 0. The van der Waals surface area contributed by atoms with Crippen LogP contribution < -0.4 is 16.0 Å². The number of aryl methyl sites for hydroxylation is 2. The van der Waals surface area contributed by atoms with Crippen LogP contribution >= 0.6 is 0 Å². The monoisotopic (exact) mass is 371 g/mol. The Labute approximate surface area is 157 Å². The Hall–Kier alpha value is -2.87. The molecule has 0 atom stereocenters. The van der Waals surface area contributed by atoms with Crippen LogP contribution in [0.3, 0.4) is 0 Å². The lowest BCUT2D eigenvalue weighted by molar-refractivity contribution is 0.239. The summed E-state index contributed by atoms with van der Waals surface area (Å²) >= 11 is 0. The molecule has 8 heteroatoms. The molecule has 2 aromatic heterocycles. The van der Waals surface area contributed by atoms with Crippen LogP contribution in [-0.2, 0) is 20.6 Å². The molecule has 2 heterocycles. The highest BCUT2D eigenvalue weighted by Crippen LogP contribution is 2.20. The fourth-order valence-corrected chi connectivity index (χ4v) is 2.88. The summed E-state index contributed by atoms with van der Waals surface area (Å²) in [5.41, 5.74) is 2.08. The van der Waals surface area contributed by atoms with Crippen molar-refractivity contribution in [3.63, 3.8) is 0 Å². The van der Waals surface area contributed by atoms with Gasteiger partial charge in [0.05, 0.1) is 6.54 Å². The van der Waals surface area contributed by atoms with Crippen LogP contribution in [-0.4, -0.2) is 50.8 Å². The first-order valence-electron chi connectivity index (χ1n) is 8.79. The second-order valence-electron chi connectivity index (χ2n) is 7.00. The zero-order chi connectivity index (χ0) is 19.7. The molecule has 0 radical (unpaired) electrons. The molecular weight excluding hydrogens is 346 g/mol. The van der Waals surface area contributed by atoms with Crippen molar-refractivity contribution in [3.05, 3.63) is 56.2 Å². The van der Waals surface area contributed by atoms with Crippen molar-refractivity contribution in [3.8, 4) is 6.01 Å². The van der Waals surface area contributed by atoms with E-state index < -0.39 is 5.69 Å². The first kappa shape index (κ1) is 18.9. The largest absolute Gasteiger partial charge is 0.463 e. The Morgan fingerprint density at radius 3 is 2.37 bits per heavy atom. The predicted octanol–water partition coefficient (Wildman–Crippen LogP) is 0.731. The molecule has 27 heavy (non-hydrogen) atoms. The molecule has 0 saturated carbocycles. The molecule has 0 aliphatic carbocycles. The van der Waals surface area contributed by atoms with E-state index >= 15 is 0 Å². The minimum Gasteiger partial charge on any atom is -0.463 e. The summed E-state index contributed by atoms with van der Waals surface area (Å²) in [4.78, 5) is 31.5. The van der Waals surface area contributed by atoms with Crippen molar-refractivity contribution in [1.82, 2.24) is 23.6 Å². The highest BCUT2D eigenvalue weighted by atomic mass is 16.5. The van der Waals surface area contributed by atoms with Crippen molar-refractivity contribution in [1.29, 1.82) is 0 Å². The third kappa shape index (κ3) is 3.66. The molecule has 3 aromatic rings. The van der Waals surface area contributed by atoms with Crippen molar-refractivity contribution >= 4 is 11.2 Å². The van der Waals surface area contributed by atoms with Gasteiger partial charge in [-0.15, -0.1) is 0 Å². The number of aromatic nitrogens is 4. The van der Waals surface area contributed by atoms with Gasteiger partial charge in [0.2, 0.25) is 0 Å². The van der Waals surface area contributed by atoms with E-state index in [0.717, 1.165) is 15.7 Å². The maximum atomic E-state index is 12.8. The number of benzene rings is 1. The average Bonchev–Trinajstić information content (AvgIpc) is 2.98. The number of imidazole rings is 1. The molecule has 0 N–H and O–H groups in total. The van der Waals surface area contributed by atoms with Gasteiger partial charge in [-0.1, -0.05) is 29.8 Å². The maximum absolute atomic E-state index is 12.8. The number of rotatable bonds is 6. The summed E-state index contributed by atoms with van der Waals surface area (Å²) in [6.07, 6.45) is 0. The van der Waals surface area contributed by atoms with Crippen LogP contribution in [0.1, 0.15) is 11.1 Å². The minimum atomic E-state index is -0.410. The van der Waals surface area contributed by atoms with Gasteiger partial charge >= 0.3 is 5.69 Å². The number of likely N-dealkylation sites (N-methyl/N-ethyl adjacent to an activating group) is 1. The maximum Gasteiger partial charge on any atom is 0.332 e. The van der Waals surface area contributed by atoms with Crippen LogP contribution in [0.2, 0.25) is 0 Å². The number of ether oxygens (including phenoxy) is 1. The van der Waals surface area contributed by atoms with E-state index in [2.05, 4.69) is 4.98 Å². The normalized spacial score (nSPS) is 11.5. The van der Waals surface area contributed by atoms with Crippen LogP contribution in [0.4, 0.5) is 0 Å². The lowest BCUT2D eigenvalue weighted by atomic mass is 10.1. The van der Waals surface area contributed by atoms with Gasteiger partial charge in [-0.2, -0.15) is 4.98 Å². The van der Waals surface area contributed by atoms with E-state index in [4.69, 9.17) is 4.74 Å². The summed E-state index contributed by atoms with van der Waals surface area (Å²) in [7, 11) is 6.99. The number of nitrogens with zero attached hydrogens (tertiary/aromatic N) is 5. The van der Waals surface area contributed by atoms with Crippen molar-refractivity contribution in [2.75, 3.05) is 27.2 Å². The van der Waals surface area contributed by atoms with Crippen molar-refractivity contribution in [2.45, 2.75) is 13.5 Å². The van der Waals surface area contributed by atoms with E-state index in [1.54, 1.807) is 11.6 Å². The molecule has 0 fully saturated rings. The molecule has 0 aliphatic heterocycles. The van der Waals surface area contributed by atoms with Crippen molar-refractivity contribution < 1.29 is 4.74 Å². The van der Waals surface area contributed by atoms with E-state index in [-0.39, 0.29) is 5.56 Å². The third-order valence-electron chi connectivity index (χ3n) is 4.54. The van der Waals surface area contributed by atoms with E-state index in [0.29, 0.717) is 36.9 Å². The van der Waals surface area contributed by atoms with Gasteiger partial charge in [-0.05, 0) is 26.6 Å². The fraction of sp³-hybridized carbons (Fsp3) is 0.421. The molecule has 0 aliphatic rings.